The van der Waals surface area contributed by atoms with Crippen LogP contribution < -0.4 is 0 Å². The first-order valence-corrected chi connectivity index (χ1v) is 11.1. The molecule has 3 heterocycles. The van der Waals surface area contributed by atoms with Gasteiger partial charge in [-0.3, -0.25) is 4.79 Å². The quantitative estimate of drug-likeness (QED) is 0.598. The van der Waals surface area contributed by atoms with Crippen LogP contribution in [0, 0.1) is 0 Å². The number of rotatable bonds is 3. The van der Waals surface area contributed by atoms with Gasteiger partial charge in [0.05, 0.1) is 11.7 Å². The molecule has 2 aliphatic rings. The summed E-state index contributed by atoms with van der Waals surface area (Å²) in [6.45, 7) is 1.43. The third-order valence-corrected chi connectivity index (χ3v) is 6.52. The molecule has 0 unspecified atom stereocenters. The van der Waals surface area contributed by atoms with Crippen LogP contribution in [-0.4, -0.2) is 48.4 Å². The Morgan fingerprint density at radius 2 is 1.80 bits per heavy atom. The minimum atomic E-state index is 0.0536. The van der Waals surface area contributed by atoms with Gasteiger partial charge in [-0.05, 0) is 62.8 Å². The van der Waals surface area contributed by atoms with Crippen molar-refractivity contribution in [3.05, 3.63) is 58.9 Å². The van der Waals surface area contributed by atoms with E-state index in [-0.39, 0.29) is 5.91 Å². The van der Waals surface area contributed by atoms with E-state index in [1.165, 1.54) is 12.1 Å². The molecule has 0 spiro atoms. The maximum absolute atomic E-state index is 13.5. The number of nitrogens with zero attached hydrogens (tertiary/aromatic N) is 6. The fraction of sp³-hybridized carbons (Fsp3) is 0.455. The Labute approximate surface area is 180 Å². The van der Waals surface area contributed by atoms with Crippen molar-refractivity contribution in [1.82, 2.24) is 29.4 Å². The Morgan fingerprint density at radius 3 is 2.53 bits per heavy atom. The Kier molecular flexibility index (Phi) is 5.29. The van der Waals surface area contributed by atoms with Crippen molar-refractivity contribution in [3.63, 3.8) is 0 Å². The van der Waals surface area contributed by atoms with Gasteiger partial charge in [-0.1, -0.05) is 18.0 Å². The summed E-state index contributed by atoms with van der Waals surface area (Å²) in [6, 6.07) is 7.99. The standard InChI is InChI=1S/C22H25ClN6O/c23-16-6-8-18(9-7-16)29-20-5-3-1-2-4-19(20)21(26-29)22(30)27-12-10-17(11-13-27)28-15-24-14-25-28/h6-9,14-15,17H,1-5,10-13H2. The normalized spacial score (nSPS) is 17.6. The van der Waals surface area contributed by atoms with E-state index in [1.807, 2.05) is 38.5 Å². The Hall–Kier alpha value is -2.67. The van der Waals surface area contributed by atoms with Crippen LogP contribution in [0.2, 0.25) is 5.02 Å². The molecule has 1 aliphatic heterocycles. The zero-order valence-electron chi connectivity index (χ0n) is 16.9. The van der Waals surface area contributed by atoms with Crippen molar-refractivity contribution in [2.45, 2.75) is 51.0 Å². The summed E-state index contributed by atoms with van der Waals surface area (Å²) in [5.74, 6) is 0.0536. The highest BCUT2D eigenvalue weighted by Crippen LogP contribution is 2.29. The van der Waals surface area contributed by atoms with Crippen LogP contribution in [-0.2, 0) is 12.8 Å². The number of benzene rings is 1. The lowest BCUT2D eigenvalue weighted by atomic mass is 10.0. The highest BCUT2D eigenvalue weighted by Gasteiger charge is 2.30. The molecule has 0 N–H and O–H groups in total. The van der Waals surface area contributed by atoms with E-state index in [1.54, 1.807) is 12.7 Å². The average Bonchev–Trinajstić information content (AvgIpc) is 3.37. The molecule has 1 fully saturated rings. The first-order chi connectivity index (χ1) is 14.7. The number of piperidine rings is 1. The van der Waals surface area contributed by atoms with Gasteiger partial charge < -0.3 is 4.90 Å². The van der Waals surface area contributed by atoms with E-state index in [9.17, 15) is 4.79 Å². The van der Waals surface area contributed by atoms with Gasteiger partial charge in [0.25, 0.3) is 5.91 Å². The van der Waals surface area contributed by atoms with Crippen molar-refractivity contribution in [2.24, 2.45) is 0 Å². The van der Waals surface area contributed by atoms with Gasteiger partial charge in [-0.25, -0.2) is 14.3 Å². The first-order valence-electron chi connectivity index (χ1n) is 10.7. The number of halogens is 1. The second-order valence-corrected chi connectivity index (χ2v) is 8.56. The van der Waals surface area contributed by atoms with Gasteiger partial charge in [0.1, 0.15) is 12.7 Å². The van der Waals surface area contributed by atoms with Crippen molar-refractivity contribution in [1.29, 1.82) is 0 Å². The molecule has 1 aliphatic carbocycles. The molecule has 1 saturated heterocycles. The average molecular weight is 425 g/mol. The van der Waals surface area contributed by atoms with E-state index >= 15 is 0 Å². The van der Waals surface area contributed by atoms with Crippen LogP contribution in [0.25, 0.3) is 5.69 Å². The third kappa shape index (κ3) is 3.62. The van der Waals surface area contributed by atoms with E-state index in [0.717, 1.165) is 49.8 Å². The molecule has 5 rings (SSSR count). The number of hydrogen-bond donors (Lipinski definition) is 0. The van der Waals surface area contributed by atoms with Gasteiger partial charge in [0.2, 0.25) is 0 Å². The highest BCUT2D eigenvalue weighted by atomic mass is 35.5. The summed E-state index contributed by atoms with van der Waals surface area (Å²) in [4.78, 5) is 19.5. The van der Waals surface area contributed by atoms with Crippen molar-refractivity contribution >= 4 is 17.5 Å². The molecule has 30 heavy (non-hydrogen) atoms. The topological polar surface area (TPSA) is 68.8 Å². The fourth-order valence-corrected chi connectivity index (χ4v) is 4.76. The predicted octanol–water partition coefficient (Wildman–Crippen LogP) is 3.86. The molecule has 1 aromatic carbocycles. The number of hydrogen-bond acceptors (Lipinski definition) is 4. The highest BCUT2D eigenvalue weighted by molar-refractivity contribution is 6.30. The molecule has 0 bridgehead atoms. The summed E-state index contributed by atoms with van der Waals surface area (Å²) in [7, 11) is 0. The lowest BCUT2D eigenvalue weighted by molar-refractivity contribution is 0.0682. The maximum atomic E-state index is 13.5. The Bertz CT molecular complexity index is 1020. The van der Waals surface area contributed by atoms with Gasteiger partial charge in [-0.15, -0.1) is 0 Å². The van der Waals surface area contributed by atoms with Crippen LogP contribution in [0.1, 0.15) is 59.9 Å². The summed E-state index contributed by atoms with van der Waals surface area (Å²) < 4.78 is 3.87. The number of carbonyl (C=O) groups is 1. The molecule has 1 amide bonds. The zero-order chi connectivity index (χ0) is 20.5. The minimum Gasteiger partial charge on any atom is -0.337 e. The Morgan fingerprint density at radius 1 is 1.03 bits per heavy atom. The second-order valence-electron chi connectivity index (χ2n) is 8.12. The molecule has 7 nitrogen and oxygen atoms in total. The van der Waals surface area contributed by atoms with Gasteiger partial charge in [0.15, 0.2) is 5.69 Å². The fourth-order valence-electron chi connectivity index (χ4n) is 4.63. The lowest BCUT2D eigenvalue weighted by Gasteiger charge is -2.31. The smallest absolute Gasteiger partial charge is 0.274 e. The lowest BCUT2D eigenvalue weighted by Crippen LogP contribution is -2.39. The van der Waals surface area contributed by atoms with Crippen LogP contribution in [0.15, 0.2) is 36.9 Å². The molecule has 2 aromatic heterocycles. The molecule has 156 valence electrons. The molecule has 3 aromatic rings. The Balaban J connectivity index is 1.42. The summed E-state index contributed by atoms with van der Waals surface area (Å²) in [5, 5.41) is 9.79. The monoisotopic (exact) mass is 424 g/mol. The first kappa shape index (κ1) is 19.3. The van der Waals surface area contributed by atoms with Crippen LogP contribution in [0.5, 0.6) is 0 Å². The largest absolute Gasteiger partial charge is 0.337 e. The summed E-state index contributed by atoms with van der Waals surface area (Å²) in [6.07, 6.45) is 10.4. The van der Waals surface area contributed by atoms with E-state index in [4.69, 9.17) is 16.7 Å². The number of likely N-dealkylation sites (tertiary alicyclic amines) is 1. The van der Waals surface area contributed by atoms with E-state index in [2.05, 4.69) is 10.1 Å². The van der Waals surface area contributed by atoms with E-state index < -0.39 is 0 Å². The number of amides is 1. The van der Waals surface area contributed by atoms with Crippen LogP contribution in [0.4, 0.5) is 0 Å². The van der Waals surface area contributed by atoms with Crippen molar-refractivity contribution in [2.75, 3.05) is 13.1 Å². The molecule has 0 radical (unpaired) electrons. The van der Waals surface area contributed by atoms with Gasteiger partial charge >= 0.3 is 0 Å². The molecule has 0 saturated carbocycles. The molecule has 8 heteroatoms. The van der Waals surface area contributed by atoms with Crippen molar-refractivity contribution < 1.29 is 4.79 Å². The molecule has 0 atom stereocenters. The summed E-state index contributed by atoms with van der Waals surface area (Å²) >= 11 is 6.07. The van der Waals surface area contributed by atoms with Gasteiger partial charge in [0, 0.05) is 29.4 Å². The number of carbonyl (C=O) groups excluding carboxylic acids is 1. The SMILES string of the molecule is O=C(c1nn(-c2ccc(Cl)cc2)c2c1CCCCC2)N1CCC(n2cncn2)CC1. The predicted molar refractivity (Wildman–Crippen MR) is 114 cm³/mol. The minimum absolute atomic E-state index is 0.0536. The second kappa shape index (κ2) is 8.22. The zero-order valence-corrected chi connectivity index (χ0v) is 17.6. The van der Waals surface area contributed by atoms with Gasteiger partial charge in [-0.2, -0.15) is 10.2 Å². The van der Waals surface area contributed by atoms with Crippen molar-refractivity contribution in [3.8, 4) is 5.69 Å². The molecular weight excluding hydrogens is 400 g/mol. The maximum Gasteiger partial charge on any atom is 0.274 e. The number of fused-ring (bicyclic) bond motifs is 1. The van der Waals surface area contributed by atoms with Crippen LogP contribution in [0.3, 0.4) is 0 Å². The number of aromatic nitrogens is 5. The van der Waals surface area contributed by atoms with E-state index in [0.29, 0.717) is 29.8 Å². The molecular formula is C22H25ClN6O. The third-order valence-electron chi connectivity index (χ3n) is 6.27. The van der Waals surface area contributed by atoms with Crippen LogP contribution >= 0.6 is 11.6 Å². The summed E-state index contributed by atoms with van der Waals surface area (Å²) in [5.41, 5.74) is 3.89.